The van der Waals surface area contributed by atoms with E-state index in [2.05, 4.69) is 0 Å². The van der Waals surface area contributed by atoms with Crippen molar-refractivity contribution >= 4 is 0 Å². The highest BCUT2D eigenvalue weighted by Gasteiger charge is 2.43. The van der Waals surface area contributed by atoms with Crippen molar-refractivity contribution in [2.24, 2.45) is 0 Å². The summed E-state index contributed by atoms with van der Waals surface area (Å²) in [6.07, 6.45) is -5.22. The monoisotopic (exact) mass is 208 g/mol. The lowest BCUT2D eigenvalue weighted by atomic mass is 9.99. The Morgan fingerprint density at radius 2 is 1.79 bits per heavy atom. The topological polar surface area (TPSA) is 88.4 Å². The third-order valence-electron chi connectivity index (χ3n) is 2.26. The number of methoxy groups -OCH3 is 2. The van der Waals surface area contributed by atoms with Crippen LogP contribution in [0.4, 0.5) is 0 Å². The van der Waals surface area contributed by atoms with Gasteiger partial charge in [-0.2, -0.15) is 0 Å². The van der Waals surface area contributed by atoms with Gasteiger partial charge in [0.1, 0.15) is 24.4 Å². The van der Waals surface area contributed by atoms with Crippen LogP contribution < -0.4 is 0 Å². The van der Waals surface area contributed by atoms with Gasteiger partial charge in [0.25, 0.3) is 0 Å². The van der Waals surface area contributed by atoms with Crippen LogP contribution in [-0.4, -0.2) is 66.9 Å². The minimum Gasteiger partial charge on any atom is -0.387 e. The fourth-order valence-corrected chi connectivity index (χ4v) is 1.51. The molecule has 1 aliphatic rings. The zero-order chi connectivity index (χ0) is 10.7. The van der Waals surface area contributed by atoms with Crippen LogP contribution >= 0.6 is 0 Å². The van der Waals surface area contributed by atoms with E-state index in [4.69, 9.17) is 14.2 Å². The zero-order valence-electron chi connectivity index (χ0n) is 8.16. The molecule has 1 heterocycles. The first-order valence-corrected chi connectivity index (χ1v) is 4.33. The van der Waals surface area contributed by atoms with Crippen molar-refractivity contribution in [3.8, 4) is 0 Å². The van der Waals surface area contributed by atoms with Gasteiger partial charge in [-0.1, -0.05) is 0 Å². The maximum atomic E-state index is 9.53. The number of hydrogen-bond donors (Lipinski definition) is 3. The molecule has 1 saturated heterocycles. The molecule has 14 heavy (non-hydrogen) atoms. The summed E-state index contributed by atoms with van der Waals surface area (Å²) in [4.78, 5) is 0. The number of aliphatic hydroxyl groups excluding tert-OH is 3. The molecular weight excluding hydrogens is 192 g/mol. The summed E-state index contributed by atoms with van der Waals surface area (Å²) in [5.41, 5.74) is 0. The van der Waals surface area contributed by atoms with Crippen molar-refractivity contribution in [1.29, 1.82) is 0 Å². The molecule has 0 bridgehead atoms. The van der Waals surface area contributed by atoms with Crippen molar-refractivity contribution in [2.45, 2.75) is 30.7 Å². The molecule has 0 aromatic heterocycles. The lowest BCUT2D eigenvalue weighted by molar-refractivity contribution is -0.291. The fourth-order valence-electron chi connectivity index (χ4n) is 1.51. The Morgan fingerprint density at radius 1 is 1.14 bits per heavy atom. The largest absolute Gasteiger partial charge is 0.387 e. The van der Waals surface area contributed by atoms with Gasteiger partial charge in [-0.25, -0.2) is 0 Å². The molecule has 3 N–H and O–H groups in total. The van der Waals surface area contributed by atoms with E-state index in [0.717, 1.165) is 0 Å². The van der Waals surface area contributed by atoms with E-state index in [1.54, 1.807) is 0 Å². The first-order chi connectivity index (χ1) is 6.61. The molecule has 6 heteroatoms. The number of ether oxygens (including phenoxy) is 3. The lowest BCUT2D eigenvalue weighted by Crippen LogP contribution is -2.59. The Labute approximate surface area is 82.0 Å². The molecule has 0 amide bonds. The van der Waals surface area contributed by atoms with Crippen molar-refractivity contribution in [3.63, 3.8) is 0 Å². The predicted molar refractivity (Wildman–Crippen MR) is 45.6 cm³/mol. The second-order valence-electron chi connectivity index (χ2n) is 3.20. The minimum absolute atomic E-state index is 0.180. The highest BCUT2D eigenvalue weighted by molar-refractivity contribution is 4.89. The molecule has 0 aromatic rings. The van der Waals surface area contributed by atoms with E-state index in [0.29, 0.717) is 0 Å². The first kappa shape index (κ1) is 11.8. The van der Waals surface area contributed by atoms with Crippen LogP contribution in [-0.2, 0) is 14.2 Å². The number of rotatable bonds is 3. The highest BCUT2D eigenvalue weighted by atomic mass is 16.7. The molecule has 1 fully saturated rings. The molecule has 5 atom stereocenters. The maximum absolute atomic E-state index is 9.53. The van der Waals surface area contributed by atoms with Crippen LogP contribution in [0.3, 0.4) is 0 Å². The summed E-state index contributed by atoms with van der Waals surface area (Å²) in [6, 6.07) is 0. The Bertz CT molecular complexity index is 175. The molecule has 1 aliphatic heterocycles. The number of aliphatic hydroxyl groups is 3. The fraction of sp³-hybridized carbons (Fsp3) is 1.00. The SMILES string of the molecule is COC[C@H]1O[C@H](O)[C@@H](O)[C@@H](O)[C@@H]1OC. The summed E-state index contributed by atoms with van der Waals surface area (Å²) < 4.78 is 14.8. The van der Waals surface area contributed by atoms with Gasteiger partial charge in [0, 0.05) is 14.2 Å². The number of hydrogen-bond acceptors (Lipinski definition) is 6. The smallest absolute Gasteiger partial charge is 0.184 e. The van der Waals surface area contributed by atoms with E-state index >= 15 is 0 Å². The molecule has 0 aliphatic carbocycles. The third kappa shape index (κ3) is 2.22. The van der Waals surface area contributed by atoms with Gasteiger partial charge in [-0.05, 0) is 0 Å². The average Bonchev–Trinajstić information content (AvgIpc) is 2.16. The van der Waals surface area contributed by atoms with Crippen LogP contribution in [0.2, 0.25) is 0 Å². The third-order valence-corrected chi connectivity index (χ3v) is 2.26. The molecule has 0 unspecified atom stereocenters. The Balaban J connectivity index is 2.66. The van der Waals surface area contributed by atoms with Crippen LogP contribution in [0.5, 0.6) is 0 Å². The highest BCUT2D eigenvalue weighted by Crippen LogP contribution is 2.21. The normalized spacial score (nSPS) is 43.9. The van der Waals surface area contributed by atoms with Gasteiger partial charge in [-0.15, -0.1) is 0 Å². The van der Waals surface area contributed by atoms with E-state index in [1.807, 2.05) is 0 Å². The Hall–Kier alpha value is -0.240. The van der Waals surface area contributed by atoms with Gasteiger partial charge in [-0.3, -0.25) is 0 Å². The zero-order valence-corrected chi connectivity index (χ0v) is 8.16. The van der Waals surface area contributed by atoms with Crippen LogP contribution in [0.1, 0.15) is 0 Å². The van der Waals surface area contributed by atoms with Crippen molar-refractivity contribution in [2.75, 3.05) is 20.8 Å². The molecule has 84 valence electrons. The van der Waals surface area contributed by atoms with Crippen molar-refractivity contribution in [1.82, 2.24) is 0 Å². The van der Waals surface area contributed by atoms with E-state index < -0.39 is 30.7 Å². The van der Waals surface area contributed by atoms with E-state index in [1.165, 1.54) is 14.2 Å². The second-order valence-corrected chi connectivity index (χ2v) is 3.20. The average molecular weight is 208 g/mol. The van der Waals surface area contributed by atoms with Crippen LogP contribution in [0.15, 0.2) is 0 Å². The Morgan fingerprint density at radius 3 is 2.29 bits per heavy atom. The van der Waals surface area contributed by atoms with Gasteiger partial charge in [0.05, 0.1) is 6.61 Å². The molecule has 0 saturated carbocycles. The molecule has 0 spiro atoms. The van der Waals surface area contributed by atoms with Crippen LogP contribution in [0, 0.1) is 0 Å². The van der Waals surface area contributed by atoms with Gasteiger partial charge in [0.2, 0.25) is 0 Å². The van der Waals surface area contributed by atoms with E-state index in [9.17, 15) is 15.3 Å². The lowest BCUT2D eigenvalue weighted by Gasteiger charge is -2.39. The molecule has 6 nitrogen and oxygen atoms in total. The van der Waals surface area contributed by atoms with Crippen LogP contribution in [0.25, 0.3) is 0 Å². The summed E-state index contributed by atoms with van der Waals surface area (Å²) in [5.74, 6) is 0. The second kappa shape index (κ2) is 5.01. The van der Waals surface area contributed by atoms with E-state index in [-0.39, 0.29) is 6.61 Å². The molecule has 0 aromatic carbocycles. The first-order valence-electron chi connectivity index (χ1n) is 4.33. The molecule has 0 radical (unpaired) electrons. The van der Waals surface area contributed by atoms with Gasteiger partial charge >= 0.3 is 0 Å². The summed E-state index contributed by atoms with van der Waals surface area (Å²) in [7, 11) is 2.87. The molecule has 1 rings (SSSR count). The quantitative estimate of drug-likeness (QED) is 0.501. The van der Waals surface area contributed by atoms with Crippen molar-refractivity contribution in [3.05, 3.63) is 0 Å². The summed E-state index contributed by atoms with van der Waals surface area (Å²) in [5, 5.41) is 28.0. The van der Waals surface area contributed by atoms with Gasteiger partial charge in [0.15, 0.2) is 6.29 Å². The van der Waals surface area contributed by atoms with Crippen molar-refractivity contribution < 1.29 is 29.5 Å². The predicted octanol–water partition coefficient (Wildman–Crippen LogP) is -1.91. The standard InChI is InChI=1S/C8H16O6/c1-12-3-4-7(13-2)5(9)6(10)8(11)14-4/h4-11H,3H2,1-2H3/t4-,5-,6+,7-,8+/m1/s1. The molecular formula is C8H16O6. The minimum atomic E-state index is -1.41. The summed E-state index contributed by atoms with van der Waals surface area (Å²) >= 11 is 0. The maximum Gasteiger partial charge on any atom is 0.184 e. The summed E-state index contributed by atoms with van der Waals surface area (Å²) in [6.45, 7) is 0.180. The Kier molecular flexibility index (Phi) is 4.24. The van der Waals surface area contributed by atoms with Gasteiger partial charge < -0.3 is 29.5 Å².